The number of rotatable bonds is 5. The van der Waals surface area contributed by atoms with Crippen molar-refractivity contribution in [2.45, 2.75) is 31.7 Å². The van der Waals surface area contributed by atoms with Gasteiger partial charge in [0.05, 0.1) is 11.2 Å². The largest absolute Gasteiger partial charge is 0.399 e. The molecule has 1 aliphatic carbocycles. The second kappa shape index (κ2) is 5.19. The number of aromatic nitrogens is 1. The Bertz CT molecular complexity index is 584. The smallest absolute Gasteiger partial charge is 0.0798 e. The lowest BCUT2D eigenvalue weighted by Crippen LogP contribution is -2.28. The van der Waals surface area contributed by atoms with Crippen LogP contribution in [0.15, 0.2) is 29.8 Å². The van der Waals surface area contributed by atoms with Crippen molar-refractivity contribution in [3.8, 4) is 0 Å². The Hall–Kier alpha value is -1.39. The first-order valence-electron chi connectivity index (χ1n) is 7.03. The Kier molecular flexibility index (Phi) is 3.52. The predicted octanol–water partition coefficient (Wildman–Crippen LogP) is 3.20. The molecule has 0 atom stereocenters. The molecule has 0 amide bonds. The highest BCUT2D eigenvalue weighted by Gasteiger charge is 2.44. The molecule has 3 nitrogen and oxygen atoms in total. The van der Waals surface area contributed by atoms with Crippen LogP contribution in [0.2, 0.25) is 0 Å². The van der Waals surface area contributed by atoms with Gasteiger partial charge in [0.25, 0.3) is 0 Å². The average molecular weight is 287 g/mol. The van der Waals surface area contributed by atoms with E-state index in [1.165, 1.54) is 29.0 Å². The average Bonchev–Trinajstić information content (AvgIpc) is 3.08. The monoisotopic (exact) mass is 287 g/mol. The van der Waals surface area contributed by atoms with Crippen molar-refractivity contribution in [3.05, 3.63) is 45.9 Å². The maximum absolute atomic E-state index is 5.78. The lowest BCUT2D eigenvalue weighted by Gasteiger charge is -2.24. The van der Waals surface area contributed by atoms with Gasteiger partial charge < -0.3 is 10.6 Å². The van der Waals surface area contributed by atoms with Crippen LogP contribution >= 0.6 is 11.3 Å². The molecule has 1 fully saturated rings. The van der Waals surface area contributed by atoms with Crippen LogP contribution in [0, 0.1) is 6.92 Å². The Labute approximate surface area is 124 Å². The summed E-state index contributed by atoms with van der Waals surface area (Å²) < 4.78 is 0. The lowest BCUT2D eigenvalue weighted by molar-refractivity contribution is 0.296. The van der Waals surface area contributed by atoms with Gasteiger partial charge in [-0.15, -0.1) is 11.3 Å². The van der Waals surface area contributed by atoms with Crippen LogP contribution in [-0.4, -0.2) is 23.5 Å². The summed E-state index contributed by atoms with van der Waals surface area (Å²) in [4.78, 5) is 8.12. The Morgan fingerprint density at radius 1 is 1.30 bits per heavy atom. The zero-order valence-corrected chi connectivity index (χ0v) is 12.9. The lowest BCUT2D eigenvalue weighted by atomic mass is 9.95. The predicted molar refractivity (Wildman–Crippen MR) is 85.0 cm³/mol. The third kappa shape index (κ3) is 2.72. The van der Waals surface area contributed by atoms with E-state index in [2.05, 4.69) is 36.0 Å². The second-order valence-corrected chi connectivity index (χ2v) is 6.87. The number of nitrogens with two attached hydrogens (primary N) is 1. The van der Waals surface area contributed by atoms with Crippen LogP contribution in [0.25, 0.3) is 0 Å². The molecule has 0 saturated heterocycles. The number of anilines is 1. The van der Waals surface area contributed by atoms with Gasteiger partial charge in [-0.1, -0.05) is 12.1 Å². The summed E-state index contributed by atoms with van der Waals surface area (Å²) in [5.74, 6) is 0. The van der Waals surface area contributed by atoms with E-state index in [-0.39, 0.29) is 0 Å². The van der Waals surface area contributed by atoms with Gasteiger partial charge in [-0.2, -0.15) is 0 Å². The van der Waals surface area contributed by atoms with Gasteiger partial charge in [0.2, 0.25) is 0 Å². The minimum absolute atomic E-state index is 0.348. The summed E-state index contributed by atoms with van der Waals surface area (Å²) in [6.45, 7) is 4.19. The van der Waals surface area contributed by atoms with Gasteiger partial charge in [-0.25, -0.2) is 4.98 Å². The highest BCUT2D eigenvalue weighted by atomic mass is 32.1. The number of likely N-dealkylation sites (N-methyl/N-ethyl adjacent to an activating group) is 1. The van der Waals surface area contributed by atoms with Crippen LogP contribution in [-0.2, 0) is 12.0 Å². The maximum atomic E-state index is 5.78. The van der Waals surface area contributed by atoms with Crippen molar-refractivity contribution in [1.82, 2.24) is 9.88 Å². The molecule has 106 valence electrons. The number of nitrogen functional groups attached to an aromatic ring is 1. The summed E-state index contributed by atoms with van der Waals surface area (Å²) in [6.07, 6.45) is 2.56. The molecular weight excluding hydrogens is 266 g/mol. The third-order valence-electron chi connectivity index (χ3n) is 4.21. The van der Waals surface area contributed by atoms with Crippen molar-refractivity contribution in [2.75, 3.05) is 19.3 Å². The van der Waals surface area contributed by atoms with Crippen molar-refractivity contribution in [2.24, 2.45) is 0 Å². The molecule has 3 rings (SSSR count). The Morgan fingerprint density at radius 3 is 2.55 bits per heavy atom. The number of benzene rings is 1. The molecular formula is C16H21N3S. The summed E-state index contributed by atoms with van der Waals surface area (Å²) >= 11 is 1.75. The Balaban J connectivity index is 1.68. The number of aryl methyl sites for hydroxylation is 1. The molecule has 0 bridgehead atoms. The summed E-state index contributed by atoms with van der Waals surface area (Å²) in [5, 5.41) is 0. The molecule has 1 aromatic carbocycles. The highest BCUT2D eigenvalue weighted by Crippen LogP contribution is 2.48. The zero-order valence-electron chi connectivity index (χ0n) is 12.1. The van der Waals surface area contributed by atoms with Crippen molar-refractivity contribution < 1.29 is 0 Å². The van der Waals surface area contributed by atoms with Gasteiger partial charge in [-0.05, 0) is 44.5 Å². The number of nitrogens with zero attached hydrogens (tertiary/aromatic N) is 2. The molecule has 2 N–H and O–H groups in total. The van der Waals surface area contributed by atoms with Crippen molar-refractivity contribution >= 4 is 17.0 Å². The summed E-state index contributed by atoms with van der Waals surface area (Å²) in [7, 11) is 2.20. The van der Waals surface area contributed by atoms with Crippen molar-refractivity contribution in [3.63, 3.8) is 0 Å². The van der Waals surface area contributed by atoms with E-state index in [0.29, 0.717) is 5.41 Å². The van der Waals surface area contributed by atoms with Crippen LogP contribution < -0.4 is 5.73 Å². The zero-order chi connectivity index (χ0) is 14.2. The van der Waals surface area contributed by atoms with Crippen molar-refractivity contribution in [1.29, 1.82) is 0 Å². The molecule has 4 heteroatoms. The highest BCUT2D eigenvalue weighted by molar-refractivity contribution is 7.09. The first-order chi connectivity index (χ1) is 9.59. The fourth-order valence-corrected chi connectivity index (χ4v) is 3.68. The Morgan fingerprint density at radius 2 is 2.00 bits per heavy atom. The fourth-order valence-electron chi connectivity index (χ4n) is 2.82. The summed E-state index contributed by atoms with van der Waals surface area (Å²) in [5.41, 5.74) is 11.5. The molecule has 0 radical (unpaired) electrons. The summed E-state index contributed by atoms with van der Waals surface area (Å²) in [6, 6.07) is 8.41. The normalized spacial score (nSPS) is 16.6. The number of hydrogen-bond acceptors (Lipinski definition) is 4. The van der Waals surface area contributed by atoms with Gasteiger partial charge in [0, 0.05) is 29.1 Å². The van der Waals surface area contributed by atoms with E-state index < -0.39 is 0 Å². The maximum Gasteiger partial charge on any atom is 0.0798 e. The first-order valence-corrected chi connectivity index (χ1v) is 7.91. The first kappa shape index (κ1) is 13.6. The van der Waals surface area contributed by atoms with E-state index in [1.807, 2.05) is 17.6 Å². The van der Waals surface area contributed by atoms with E-state index >= 15 is 0 Å². The van der Waals surface area contributed by atoms with Crippen LogP contribution in [0.1, 0.15) is 29.0 Å². The molecule has 1 saturated carbocycles. The molecule has 0 aliphatic heterocycles. The van der Waals surface area contributed by atoms with Gasteiger partial charge in [0.1, 0.15) is 0 Å². The minimum Gasteiger partial charge on any atom is -0.399 e. The van der Waals surface area contributed by atoms with Gasteiger partial charge >= 0.3 is 0 Å². The molecule has 1 heterocycles. The quantitative estimate of drug-likeness (QED) is 0.859. The van der Waals surface area contributed by atoms with E-state index in [1.54, 1.807) is 11.3 Å². The molecule has 2 aromatic rings. The van der Waals surface area contributed by atoms with Gasteiger partial charge in [-0.3, -0.25) is 0 Å². The van der Waals surface area contributed by atoms with Crippen LogP contribution in [0.4, 0.5) is 5.69 Å². The SMILES string of the molecule is Cc1ncsc1CN(C)CC1(c2ccc(N)cc2)CC1. The van der Waals surface area contributed by atoms with Crippen LogP contribution in [0.5, 0.6) is 0 Å². The number of thiazole rings is 1. The molecule has 1 aromatic heterocycles. The molecule has 1 aliphatic rings. The van der Waals surface area contributed by atoms with Gasteiger partial charge in [0.15, 0.2) is 0 Å². The minimum atomic E-state index is 0.348. The second-order valence-electron chi connectivity index (χ2n) is 5.94. The molecule has 20 heavy (non-hydrogen) atoms. The topological polar surface area (TPSA) is 42.2 Å². The van der Waals surface area contributed by atoms with E-state index in [4.69, 9.17) is 5.73 Å². The fraction of sp³-hybridized carbons (Fsp3) is 0.438. The molecule has 0 unspecified atom stereocenters. The molecule has 0 spiro atoms. The third-order valence-corrected chi connectivity index (χ3v) is 5.13. The van der Waals surface area contributed by atoms with E-state index in [0.717, 1.165) is 18.8 Å². The van der Waals surface area contributed by atoms with E-state index in [9.17, 15) is 0 Å². The number of hydrogen-bond donors (Lipinski definition) is 1. The standard InChI is InChI=1S/C16H21N3S/c1-12-15(20-11-18-12)9-19(2)10-16(7-8-16)13-3-5-14(17)6-4-13/h3-6,11H,7-10,17H2,1-2H3. The van der Waals surface area contributed by atoms with Crippen LogP contribution in [0.3, 0.4) is 0 Å².